The summed E-state index contributed by atoms with van der Waals surface area (Å²) in [7, 11) is 0. The summed E-state index contributed by atoms with van der Waals surface area (Å²) in [6.45, 7) is 0. The first-order valence-corrected chi connectivity index (χ1v) is 7.12. The molecule has 8 heteroatoms. The fourth-order valence-electron chi connectivity index (χ4n) is 2.06. The smallest absolute Gasteiger partial charge is 0.235 e. The number of benzene rings is 1. The molecule has 0 saturated carbocycles. The van der Waals surface area contributed by atoms with E-state index in [0.29, 0.717) is 15.8 Å². The maximum Gasteiger partial charge on any atom is 0.235 e. The Kier molecular flexibility index (Phi) is 2.90. The van der Waals surface area contributed by atoms with Crippen LogP contribution >= 0.6 is 11.3 Å². The van der Waals surface area contributed by atoms with Crippen molar-refractivity contribution in [3.05, 3.63) is 54.4 Å². The zero-order valence-corrected chi connectivity index (χ0v) is 11.8. The van der Waals surface area contributed by atoms with Crippen LogP contribution in [0.2, 0.25) is 0 Å². The van der Waals surface area contributed by atoms with Gasteiger partial charge in [-0.3, -0.25) is 4.98 Å². The van der Waals surface area contributed by atoms with E-state index in [4.69, 9.17) is 0 Å². The lowest BCUT2D eigenvalue weighted by molar-refractivity contribution is 0.585. The molecule has 0 unspecified atom stereocenters. The summed E-state index contributed by atoms with van der Waals surface area (Å²) in [5.74, 6) is -0.763. The number of aromatic nitrogens is 5. The molecule has 0 atom stereocenters. The minimum atomic E-state index is -0.659. The van der Waals surface area contributed by atoms with Crippen molar-refractivity contribution < 1.29 is 8.78 Å². The van der Waals surface area contributed by atoms with Crippen LogP contribution in [0.15, 0.2) is 42.7 Å². The average molecular weight is 315 g/mol. The third kappa shape index (κ3) is 2.04. The number of hydrogen-bond acceptors (Lipinski definition) is 5. The summed E-state index contributed by atoms with van der Waals surface area (Å²) >= 11 is 1.18. The Labute approximate surface area is 126 Å². The van der Waals surface area contributed by atoms with Gasteiger partial charge in [-0.1, -0.05) is 11.3 Å². The van der Waals surface area contributed by atoms with Crippen LogP contribution in [-0.2, 0) is 0 Å². The van der Waals surface area contributed by atoms with Gasteiger partial charge in [0.1, 0.15) is 11.6 Å². The lowest BCUT2D eigenvalue weighted by Crippen LogP contribution is -1.92. The minimum Gasteiger partial charge on any atom is -0.264 e. The second-order valence-corrected chi connectivity index (χ2v) is 5.45. The number of pyridine rings is 1. The SMILES string of the molecule is Fc1ccc(-c2nn3c(-c4cccnc4)nnc3s2)c(F)c1. The number of fused-ring (bicyclic) bond motifs is 1. The first-order valence-electron chi connectivity index (χ1n) is 6.30. The standard InChI is InChI=1S/C14H7F2N5S/c15-9-3-4-10(11(16)6-9)13-20-21-12(18-19-14(21)22-13)8-2-1-5-17-7-8/h1-7H. The Hall–Kier alpha value is -2.74. The molecule has 0 aliphatic rings. The topological polar surface area (TPSA) is 56.0 Å². The minimum absolute atomic E-state index is 0.231. The Morgan fingerprint density at radius 1 is 1.09 bits per heavy atom. The van der Waals surface area contributed by atoms with E-state index in [1.807, 2.05) is 6.07 Å². The van der Waals surface area contributed by atoms with E-state index in [1.54, 1.807) is 18.5 Å². The van der Waals surface area contributed by atoms with Crippen LogP contribution in [0.1, 0.15) is 0 Å². The predicted octanol–water partition coefficient (Wildman–Crippen LogP) is 3.19. The summed E-state index contributed by atoms with van der Waals surface area (Å²) in [5.41, 5.74) is 0.987. The number of hydrogen-bond donors (Lipinski definition) is 0. The van der Waals surface area contributed by atoms with Crippen LogP contribution in [0.5, 0.6) is 0 Å². The molecule has 4 rings (SSSR count). The zero-order valence-electron chi connectivity index (χ0n) is 10.9. The van der Waals surface area contributed by atoms with Gasteiger partial charge in [0.15, 0.2) is 10.8 Å². The van der Waals surface area contributed by atoms with E-state index in [9.17, 15) is 8.78 Å². The predicted molar refractivity (Wildman–Crippen MR) is 77.2 cm³/mol. The third-order valence-corrected chi connectivity index (χ3v) is 4.00. The quantitative estimate of drug-likeness (QED) is 0.570. The highest BCUT2D eigenvalue weighted by molar-refractivity contribution is 7.19. The van der Waals surface area contributed by atoms with E-state index in [0.717, 1.165) is 11.6 Å². The highest BCUT2D eigenvalue weighted by Crippen LogP contribution is 2.29. The Morgan fingerprint density at radius 3 is 2.77 bits per heavy atom. The van der Waals surface area contributed by atoms with E-state index in [2.05, 4.69) is 20.3 Å². The van der Waals surface area contributed by atoms with Gasteiger partial charge < -0.3 is 0 Å². The lowest BCUT2D eigenvalue weighted by Gasteiger charge is -1.98. The molecule has 0 saturated heterocycles. The van der Waals surface area contributed by atoms with Crippen molar-refractivity contribution in [3.8, 4) is 22.0 Å². The highest BCUT2D eigenvalue weighted by Gasteiger charge is 2.16. The van der Waals surface area contributed by atoms with Crippen LogP contribution in [0.3, 0.4) is 0 Å². The van der Waals surface area contributed by atoms with Crippen LogP contribution in [0, 0.1) is 11.6 Å². The maximum absolute atomic E-state index is 13.9. The van der Waals surface area contributed by atoms with Gasteiger partial charge in [-0.2, -0.15) is 9.61 Å². The fourth-order valence-corrected chi connectivity index (χ4v) is 2.93. The third-order valence-electron chi connectivity index (χ3n) is 3.07. The van der Waals surface area contributed by atoms with Gasteiger partial charge in [-0.15, -0.1) is 10.2 Å². The molecule has 1 aromatic carbocycles. The number of nitrogens with zero attached hydrogens (tertiary/aromatic N) is 5. The monoisotopic (exact) mass is 315 g/mol. The Bertz CT molecular complexity index is 964. The zero-order chi connectivity index (χ0) is 15.1. The lowest BCUT2D eigenvalue weighted by atomic mass is 10.2. The summed E-state index contributed by atoms with van der Waals surface area (Å²) < 4.78 is 28.4. The summed E-state index contributed by atoms with van der Waals surface area (Å²) in [5, 5.41) is 12.8. The van der Waals surface area contributed by atoms with Crippen molar-refractivity contribution in [1.29, 1.82) is 0 Å². The molecule has 0 radical (unpaired) electrons. The molecule has 108 valence electrons. The normalized spacial score (nSPS) is 11.2. The first-order chi connectivity index (χ1) is 10.7. The van der Waals surface area contributed by atoms with Crippen molar-refractivity contribution in [3.63, 3.8) is 0 Å². The van der Waals surface area contributed by atoms with Gasteiger partial charge in [0, 0.05) is 29.6 Å². The van der Waals surface area contributed by atoms with E-state index < -0.39 is 11.6 Å². The molecule has 0 bridgehead atoms. The van der Waals surface area contributed by atoms with Crippen LogP contribution < -0.4 is 0 Å². The molecule has 3 heterocycles. The van der Waals surface area contributed by atoms with Crippen molar-refractivity contribution in [2.24, 2.45) is 0 Å². The molecular weight excluding hydrogens is 308 g/mol. The molecular formula is C14H7F2N5S. The van der Waals surface area contributed by atoms with Crippen LogP contribution in [0.25, 0.3) is 26.9 Å². The van der Waals surface area contributed by atoms with Crippen molar-refractivity contribution in [2.75, 3.05) is 0 Å². The average Bonchev–Trinajstić information content (AvgIpc) is 3.08. The van der Waals surface area contributed by atoms with Crippen molar-refractivity contribution in [1.82, 2.24) is 24.8 Å². The summed E-state index contributed by atoms with van der Waals surface area (Å²) in [6, 6.07) is 7.01. The second kappa shape index (κ2) is 4.92. The first kappa shape index (κ1) is 13.0. The maximum atomic E-state index is 13.9. The van der Waals surface area contributed by atoms with Crippen LogP contribution in [0.4, 0.5) is 8.78 Å². The molecule has 0 fully saturated rings. The summed E-state index contributed by atoms with van der Waals surface area (Å²) in [6.07, 6.45) is 3.30. The largest absolute Gasteiger partial charge is 0.264 e. The molecule has 4 aromatic rings. The van der Waals surface area contributed by atoms with Crippen LogP contribution in [-0.4, -0.2) is 24.8 Å². The van der Waals surface area contributed by atoms with E-state index in [1.165, 1.54) is 28.0 Å². The van der Waals surface area contributed by atoms with Gasteiger partial charge in [-0.05, 0) is 24.3 Å². The number of halogens is 2. The van der Waals surface area contributed by atoms with Gasteiger partial charge in [0.25, 0.3) is 0 Å². The van der Waals surface area contributed by atoms with Crippen molar-refractivity contribution in [2.45, 2.75) is 0 Å². The van der Waals surface area contributed by atoms with E-state index >= 15 is 0 Å². The molecule has 0 aliphatic carbocycles. The highest BCUT2D eigenvalue weighted by atomic mass is 32.1. The fraction of sp³-hybridized carbons (Fsp3) is 0. The molecule has 0 spiro atoms. The van der Waals surface area contributed by atoms with Crippen molar-refractivity contribution >= 4 is 16.3 Å². The molecule has 22 heavy (non-hydrogen) atoms. The van der Waals surface area contributed by atoms with Gasteiger partial charge in [-0.25, -0.2) is 8.78 Å². The second-order valence-electron chi connectivity index (χ2n) is 4.49. The summed E-state index contributed by atoms with van der Waals surface area (Å²) in [4.78, 5) is 4.55. The molecule has 3 aromatic heterocycles. The Balaban J connectivity index is 1.87. The molecule has 5 nitrogen and oxygen atoms in total. The number of rotatable bonds is 2. The molecule has 0 amide bonds. The van der Waals surface area contributed by atoms with Gasteiger partial charge in [0.05, 0.1) is 0 Å². The molecule has 0 aliphatic heterocycles. The van der Waals surface area contributed by atoms with Gasteiger partial charge in [0.2, 0.25) is 4.96 Å². The Morgan fingerprint density at radius 2 is 2.00 bits per heavy atom. The van der Waals surface area contributed by atoms with E-state index in [-0.39, 0.29) is 5.56 Å². The van der Waals surface area contributed by atoms with Gasteiger partial charge >= 0.3 is 0 Å². The molecule has 0 N–H and O–H groups in total.